The number of aromatic nitrogens is 5. The first-order valence-electron chi connectivity index (χ1n) is 10.6. The second-order valence-electron chi connectivity index (χ2n) is 7.59. The van der Waals surface area contributed by atoms with Crippen LogP contribution in [0.15, 0.2) is 42.9 Å². The van der Waals surface area contributed by atoms with E-state index in [0.29, 0.717) is 5.13 Å². The van der Waals surface area contributed by atoms with E-state index in [1.807, 2.05) is 42.2 Å². The van der Waals surface area contributed by atoms with Gasteiger partial charge in [0.25, 0.3) is 0 Å². The maximum atomic E-state index is 11.6. The van der Waals surface area contributed by atoms with Crippen LogP contribution in [-0.4, -0.2) is 37.2 Å². The largest absolute Gasteiger partial charge is 0.370 e. The third kappa shape index (κ3) is 3.75. The molecule has 4 aromatic rings. The van der Waals surface area contributed by atoms with Gasteiger partial charge in [-0.25, -0.2) is 14.6 Å². The highest BCUT2D eigenvalue weighted by Crippen LogP contribution is 2.43. The zero-order valence-corrected chi connectivity index (χ0v) is 18.7. The maximum Gasteiger partial charge on any atom is 0.223 e. The molecule has 5 rings (SSSR count). The number of carbonyl (C=O) groups is 1. The van der Waals surface area contributed by atoms with E-state index >= 15 is 0 Å². The van der Waals surface area contributed by atoms with Crippen molar-refractivity contribution in [2.24, 2.45) is 0 Å². The number of pyridine rings is 2. The summed E-state index contributed by atoms with van der Waals surface area (Å²) < 4.78 is 1.95. The molecule has 0 atom stereocenters. The number of hydrogen-bond acceptors (Lipinski definition) is 7. The smallest absolute Gasteiger partial charge is 0.223 e. The van der Waals surface area contributed by atoms with Gasteiger partial charge in [-0.3, -0.25) is 9.78 Å². The molecule has 0 aliphatic heterocycles. The van der Waals surface area contributed by atoms with Crippen LogP contribution >= 0.6 is 11.3 Å². The molecule has 4 heterocycles. The lowest BCUT2D eigenvalue weighted by Crippen LogP contribution is -2.05. The van der Waals surface area contributed by atoms with Gasteiger partial charge in [0.15, 0.2) is 5.13 Å². The van der Waals surface area contributed by atoms with Crippen molar-refractivity contribution in [1.82, 2.24) is 24.7 Å². The summed E-state index contributed by atoms with van der Waals surface area (Å²) in [5.41, 5.74) is 5.96. The van der Waals surface area contributed by atoms with Crippen LogP contribution < -0.4 is 10.6 Å². The predicted octanol–water partition coefficient (Wildman–Crippen LogP) is 4.33. The molecular formula is C23H23N7OS. The van der Waals surface area contributed by atoms with Gasteiger partial charge in [0, 0.05) is 37.0 Å². The summed E-state index contributed by atoms with van der Waals surface area (Å²) in [5.74, 6) is 0.723. The van der Waals surface area contributed by atoms with Crippen molar-refractivity contribution in [1.29, 1.82) is 0 Å². The Balaban J connectivity index is 1.70. The molecule has 2 N–H and O–H groups in total. The number of carbonyl (C=O) groups excluding carboxylic acids is 1. The number of nitrogens with one attached hydrogen (secondary N) is 2. The summed E-state index contributed by atoms with van der Waals surface area (Å²) in [6, 6.07) is 7.94. The number of anilines is 2. The van der Waals surface area contributed by atoms with Gasteiger partial charge in [-0.05, 0) is 50.5 Å². The van der Waals surface area contributed by atoms with Gasteiger partial charge in [-0.15, -0.1) is 0 Å². The van der Waals surface area contributed by atoms with Crippen molar-refractivity contribution in [2.75, 3.05) is 17.2 Å². The molecule has 8 nitrogen and oxygen atoms in total. The number of hydrogen-bond donors (Lipinski definition) is 2. The van der Waals surface area contributed by atoms with Crippen molar-refractivity contribution in [3.05, 3.63) is 54.1 Å². The summed E-state index contributed by atoms with van der Waals surface area (Å²) in [4.78, 5) is 26.2. The van der Waals surface area contributed by atoms with Crippen LogP contribution in [0.3, 0.4) is 0 Å². The van der Waals surface area contributed by atoms with E-state index in [9.17, 15) is 4.79 Å². The lowest BCUT2D eigenvalue weighted by molar-refractivity contribution is -0.114. The molecule has 0 aromatic carbocycles. The van der Waals surface area contributed by atoms with Crippen LogP contribution in [0.2, 0.25) is 0 Å². The van der Waals surface area contributed by atoms with Gasteiger partial charge in [0.2, 0.25) is 5.91 Å². The fourth-order valence-electron chi connectivity index (χ4n) is 3.98. The third-order valence-electron chi connectivity index (χ3n) is 5.30. The maximum absolute atomic E-state index is 11.6. The Morgan fingerprint density at radius 1 is 1.22 bits per heavy atom. The van der Waals surface area contributed by atoms with Gasteiger partial charge in [-0.1, -0.05) is 11.3 Å². The van der Waals surface area contributed by atoms with E-state index in [1.165, 1.54) is 23.8 Å². The molecule has 0 saturated carbocycles. The first-order chi connectivity index (χ1) is 15.6. The highest BCUT2D eigenvalue weighted by Gasteiger charge is 2.28. The standard InChI is InChI=1S/C23H23N7OS/c1-3-25-19-10-9-15(12-26-19)20-17-7-4-8-18-22(32-23(28-18)27-14(2)31)21(17)30(29-20)16-6-5-11-24-13-16/h5-6,9-13H,3-4,7-8H2,1-2H3,(H,25,26)(H,27,28,31). The highest BCUT2D eigenvalue weighted by molar-refractivity contribution is 7.19. The van der Waals surface area contributed by atoms with Gasteiger partial charge in [-0.2, -0.15) is 5.10 Å². The summed E-state index contributed by atoms with van der Waals surface area (Å²) in [6.07, 6.45) is 8.13. The molecule has 0 unspecified atom stereocenters. The Labute approximate surface area is 189 Å². The average Bonchev–Trinajstić information content (AvgIpc) is 3.31. The van der Waals surface area contributed by atoms with E-state index in [4.69, 9.17) is 10.1 Å². The minimum Gasteiger partial charge on any atom is -0.370 e. The lowest BCUT2D eigenvalue weighted by atomic mass is 10.0. The molecule has 9 heteroatoms. The average molecular weight is 446 g/mol. The van der Waals surface area contributed by atoms with Crippen LogP contribution in [0.25, 0.3) is 27.5 Å². The van der Waals surface area contributed by atoms with Crippen LogP contribution in [0, 0.1) is 0 Å². The van der Waals surface area contributed by atoms with Gasteiger partial charge in [0.1, 0.15) is 5.82 Å². The first kappa shape index (κ1) is 20.3. The molecule has 1 aliphatic rings. The zero-order valence-electron chi connectivity index (χ0n) is 17.9. The SMILES string of the molecule is CCNc1ccc(-c2nn(-c3cccnc3)c3c2CCCc2nc(NC(C)=O)sc2-3)cn1. The number of rotatable bonds is 5. The van der Waals surface area contributed by atoms with Crippen LogP contribution in [0.5, 0.6) is 0 Å². The van der Waals surface area contributed by atoms with E-state index in [2.05, 4.69) is 26.7 Å². The fourth-order valence-corrected chi connectivity index (χ4v) is 5.10. The molecule has 1 aliphatic carbocycles. The quantitative estimate of drug-likeness (QED) is 0.474. The molecular weight excluding hydrogens is 422 g/mol. The monoisotopic (exact) mass is 445 g/mol. The molecule has 0 bridgehead atoms. The Kier molecular flexibility index (Phi) is 5.40. The fraction of sp³-hybridized carbons (Fsp3) is 0.261. The molecule has 32 heavy (non-hydrogen) atoms. The van der Waals surface area contributed by atoms with E-state index in [-0.39, 0.29) is 5.91 Å². The zero-order chi connectivity index (χ0) is 22.1. The Bertz CT molecular complexity index is 1260. The second kappa shape index (κ2) is 8.51. The van der Waals surface area contributed by atoms with E-state index in [0.717, 1.165) is 64.8 Å². The van der Waals surface area contributed by atoms with Crippen LogP contribution in [0.4, 0.5) is 10.9 Å². The van der Waals surface area contributed by atoms with Crippen LogP contribution in [0.1, 0.15) is 31.5 Å². The van der Waals surface area contributed by atoms with Crippen molar-refractivity contribution < 1.29 is 4.79 Å². The number of thiazole rings is 1. The lowest BCUT2D eigenvalue weighted by Gasteiger charge is -2.06. The summed E-state index contributed by atoms with van der Waals surface area (Å²) >= 11 is 1.50. The number of nitrogens with zero attached hydrogens (tertiary/aromatic N) is 5. The Morgan fingerprint density at radius 2 is 2.12 bits per heavy atom. The summed E-state index contributed by atoms with van der Waals surface area (Å²) in [5, 5.41) is 11.7. The molecule has 0 saturated heterocycles. The molecule has 1 amide bonds. The number of aryl methyl sites for hydroxylation is 1. The summed E-state index contributed by atoms with van der Waals surface area (Å²) in [7, 11) is 0. The molecule has 162 valence electrons. The minimum atomic E-state index is -0.123. The van der Waals surface area contributed by atoms with Crippen molar-refractivity contribution in [2.45, 2.75) is 33.1 Å². The van der Waals surface area contributed by atoms with Crippen molar-refractivity contribution in [3.63, 3.8) is 0 Å². The van der Waals surface area contributed by atoms with Crippen molar-refractivity contribution in [3.8, 4) is 27.5 Å². The van der Waals surface area contributed by atoms with Gasteiger partial charge in [0.05, 0.1) is 33.8 Å². The van der Waals surface area contributed by atoms with Crippen molar-refractivity contribution >= 4 is 28.2 Å². The van der Waals surface area contributed by atoms with E-state index < -0.39 is 0 Å². The molecule has 0 fully saturated rings. The third-order valence-corrected chi connectivity index (χ3v) is 6.32. The minimum absolute atomic E-state index is 0.123. The molecule has 0 radical (unpaired) electrons. The topological polar surface area (TPSA) is 97.6 Å². The Morgan fingerprint density at radius 3 is 2.84 bits per heavy atom. The summed E-state index contributed by atoms with van der Waals surface area (Å²) in [6.45, 7) is 4.37. The van der Waals surface area contributed by atoms with E-state index in [1.54, 1.807) is 6.20 Å². The number of amides is 1. The second-order valence-corrected chi connectivity index (χ2v) is 8.59. The highest BCUT2D eigenvalue weighted by atomic mass is 32.1. The predicted molar refractivity (Wildman–Crippen MR) is 126 cm³/mol. The normalized spacial score (nSPS) is 12.6. The van der Waals surface area contributed by atoms with Crippen LogP contribution in [-0.2, 0) is 17.6 Å². The number of fused-ring (bicyclic) bond motifs is 3. The molecule has 4 aromatic heterocycles. The van der Waals surface area contributed by atoms with Gasteiger partial charge < -0.3 is 10.6 Å². The van der Waals surface area contributed by atoms with Gasteiger partial charge >= 0.3 is 0 Å². The Hall–Kier alpha value is -3.59. The molecule has 0 spiro atoms. The first-order valence-corrected chi connectivity index (χ1v) is 11.5.